The van der Waals surface area contributed by atoms with Crippen molar-refractivity contribution in [2.45, 2.75) is 53.2 Å². The molecule has 0 saturated heterocycles. The minimum Gasteiger partial charge on any atom is -0.158 e. The first kappa shape index (κ1) is 11.4. The molecule has 1 saturated carbocycles. The Bertz CT molecular complexity index is 180. The molecule has 0 amide bonds. The third kappa shape index (κ3) is 2.90. The van der Waals surface area contributed by atoms with E-state index in [0.29, 0.717) is 10.8 Å². The lowest BCUT2D eigenvalue weighted by atomic mass is 10.0. The van der Waals surface area contributed by atoms with Crippen molar-refractivity contribution in [2.24, 2.45) is 16.7 Å². The van der Waals surface area contributed by atoms with E-state index in [0.717, 1.165) is 11.2 Å². The molecule has 1 aliphatic carbocycles. The van der Waals surface area contributed by atoms with Crippen molar-refractivity contribution in [3.63, 3.8) is 0 Å². The highest BCUT2D eigenvalue weighted by Gasteiger charge is 2.50. The van der Waals surface area contributed by atoms with Crippen molar-refractivity contribution in [3.8, 4) is 0 Å². The maximum atomic E-state index is 2.44. The molecule has 78 valence electrons. The van der Waals surface area contributed by atoms with Gasteiger partial charge in [-0.3, -0.25) is 0 Å². The van der Waals surface area contributed by atoms with E-state index in [1.165, 1.54) is 12.2 Å². The maximum absolute atomic E-state index is 2.44. The van der Waals surface area contributed by atoms with Gasteiger partial charge in [0.2, 0.25) is 0 Å². The van der Waals surface area contributed by atoms with Crippen LogP contribution in [0.15, 0.2) is 0 Å². The third-order valence-electron chi connectivity index (χ3n) is 3.41. The Morgan fingerprint density at radius 1 is 1.46 bits per heavy atom. The van der Waals surface area contributed by atoms with Crippen molar-refractivity contribution in [2.75, 3.05) is 5.75 Å². The lowest BCUT2D eigenvalue weighted by Crippen LogP contribution is -2.18. The molecular weight excluding hydrogens is 176 g/mol. The second kappa shape index (κ2) is 3.49. The summed E-state index contributed by atoms with van der Waals surface area (Å²) >= 11 is 2.16. The zero-order chi connectivity index (χ0) is 10.3. The van der Waals surface area contributed by atoms with Gasteiger partial charge >= 0.3 is 0 Å². The first-order valence-corrected chi connectivity index (χ1v) is 6.42. The first-order chi connectivity index (χ1) is 5.76. The fourth-order valence-electron chi connectivity index (χ4n) is 1.73. The SMILES string of the molecule is CC1CC1(C)C(C)SCC(C)(C)C. The monoisotopic (exact) mass is 200 g/mol. The average Bonchev–Trinajstić information content (AvgIpc) is 2.55. The van der Waals surface area contributed by atoms with Gasteiger partial charge in [0.1, 0.15) is 0 Å². The molecule has 3 unspecified atom stereocenters. The zero-order valence-electron chi connectivity index (χ0n) is 9.98. The van der Waals surface area contributed by atoms with E-state index < -0.39 is 0 Å². The van der Waals surface area contributed by atoms with E-state index >= 15 is 0 Å². The molecule has 1 fully saturated rings. The van der Waals surface area contributed by atoms with Crippen molar-refractivity contribution in [3.05, 3.63) is 0 Å². The predicted octanol–water partition coefficient (Wildman–Crippen LogP) is 4.20. The Labute approximate surface area is 87.9 Å². The Kier molecular flexibility index (Phi) is 3.07. The van der Waals surface area contributed by atoms with Gasteiger partial charge < -0.3 is 0 Å². The lowest BCUT2D eigenvalue weighted by molar-refractivity contribution is 0.472. The molecule has 0 heterocycles. The molecule has 0 spiro atoms. The summed E-state index contributed by atoms with van der Waals surface area (Å²) in [4.78, 5) is 0. The summed E-state index contributed by atoms with van der Waals surface area (Å²) in [5.74, 6) is 2.24. The number of thioether (sulfide) groups is 1. The van der Waals surface area contributed by atoms with Gasteiger partial charge in [0, 0.05) is 5.25 Å². The van der Waals surface area contributed by atoms with Crippen molar-refractivity contribution >= 4 is 11.8 Å². The van der Waals surface area contributed by atoms with Crippen LogP contribution in [0, 0.1) is 16.7 Å². The van der Waals surface area contributed by atoms with Gasteiger partial charge in [0.05, 0.1) is 0 Å². The molecule has 1 heteroatoms. The van der Waals surface area contributed by atoms with E-state index in [1.54, 1.807) is 0 Å². The normalized spacial score (nSPS) is 36.0. The highest BCUT2D eigenvalue weighted by Crippen LogP contribution is 2.57. The summed E-state index contributed by atoms with van der Waals surface area (Å²) in [7, 11) is 0. The van der Waals surface area contributed by atoms with E-state index in [-0.39, 0.29) is 0 Å². The number of hydrogen-bond donors (Lipinski definition) is 0. The average molecular weight is 200 g/mol. The number of hydrogen-bond acceptors (Lipinski definition) is 1. The van der Waals surface area contributed by atoms with Gasteiger partial charge in [-0.1, -0.05) is 41.5 Å². The Hall–Kier alpha value is 0.350. The summed E-state index contributed by atoms with van der Waals surface area (Å²) < 4.78 is 0. The van der Waals surface area contributed by atoms with Gasteiger partial charge in [0.25, 0.3) is 0 Å². The summed E-state index contributed by atoms with van der Waals surface area (Å²) in [6.07, 6.45) is 1.44. The summed E-state index contributed by atoms with van der Waals surface area (Å²) in [6, 6.07) is 0. The van der Waals surface area contributed by atoms with E-state index in [1.807, 2.05) is 0 Å². The highest BCUT2D eigenvalue weighted by atomic mass is 32.2. The van der Waals surface area contributed by atoms with E-state index in [2.05, 4.69) is 53.3 Å². The van der Waals surface area contributed by atoms with Crippen molar-refractivity contribution < 1.29 is 0 Å². The van der Waals surface area contributed by atoms with Crippen LogP contribution in [0.5, 0.6) is 0 Å². The van der Waals surface area contributed by atoms with Crippen LogP contribution in [0.1, 0.15) is 48.0 Å². The lowest BCUT2D eigenvalue weighted by Gasteiger charge is -2.24. The molecule has 0 N–H and O–H groups in total. The van der Waals surface area contributed by atoms with Crippen LogP contribution in [0.25, 0.3) is 0 Å². The minimum atomic E-state index is 0.480. The molecule has 0 bridgehead atoms. The second-order valence-corrected chi connectivity index (χ2v) is 7.45. The van der Waals surface area contributed by atoms with Crippen LogP contribution in [0.3, 0.4) is 0 Å². The molecule has 0 aromatic heterocycles. The first-order valence-electron chi connectivity index (χ1n) is 5.37. The van der Waals surface area contributed by atoms with Crippen LogP contribution in [0.2, 0.25) is 0 Å². The highest BCUT2D eigenvalue weighted by molar-refractivity contribution is 7.99. The van der Waals surface area contributed by atoms with Crippen LogP contribution in [-0.2, 0) is 0 Å². The molecule has 1 aliphatic rings. The molecule has 13 heavy (non-hydrogen) atoms. The van der Waals surface area contributed by atoms with Crippen molar-refractivity contribution in [1.82, 2.24) is 0 Å². The van der Waals surface area contributed by atoms with Gasteiger partial charge in [-0.15, -0.1) is 0 Å². The van der Waals surface area contributed by atoms with Gasteiger partial charge in [0.15, 0.2) is 0 Å². The van der Waals surface area contributed by atoms with Gasteiger partial charge in [-0.05, 0) is 28.9 Å². The van der Waals surface area contributed by atoms with Gasteiger partial charge in [-0.2, -0.15) is 11.8 Å². The fourth-order valence-corrected chi connectivity index (χ4v) is 3.19. The summed E-state index contributed by atoms with van der Waals surface area (Å²) in [6.45, 7) is 14.2. The third-order valence-corrected chi connectivity index (χ3v) is 5.48. The quantitative estimate of drug-likeness (QED) is 0.658. The molecule has 0 radical (unpaired) electrons. The van der Waals surface area contributed by atoms with Crippen LogP contribution in [0.4, 0.5) is 0 Å². The molecule has 0 nitrogen and oxygen atoms in total. The maximum Gasteiger partial charge on any atom is 0.00754 e. The predicted molar refractivity (Wildman–Crippen MR) is 63.3 cm³/mol. The van der Waals surface area contributed by atoms with Crippen molar-refractivity contribution in [1.29, 1.82) is 0 Å². The second-order valence-electron chi connectivity index (χ2n) is 6.12. The Morgan fingerprint density at radius 2 is 1.92 bits per heavy atom. The summed E-state index contributed by atoms with van der Waals surface area (Å²) in [5.41, 5.74) is 1.13. The Morgan fingerprint density at radius 3 is 2.23 bits per heavy atom. The Balaban J connectivity index is 2.31. The van der Waals surface area contributed by atoms with Crippen LogP contribution in [-0.4, -0.2) is 11.0 Å². The number of rotatable bonds is 3. The molecular formula is C12H24S. The molecule has 3 atom stereocenters. The summed E-state index contributed by atoms with van der Waals surface area (Å²) in [5, 5.41) is 0.835. The molecule has 0 aliphatic heterocycles. The smallest absolute Gasteiger partial charge is 0.00754 e. The van der Waals surface area contributed by atoms with Crippen LogP contribution >= 0.6 is 11.8 Å². The van der Waals surface area contributed by atoms with E-state index in [4.69, 9.17) is 0 Å². The molecule has 0 aromatic rings. The topological polar surface area (TPSA) is 0 Å². The standard InChI is InChI=1S/C12H24S/c1-9-7-12(9,6)10(2)13-8-11(3,4)5/h9-10H,7-8H2,1-6H3. The fraction of sp³-hybridized carbons (Fsp3) is 1.00. The van der Waals surface area contributed by atoms with Crippen LogP contribution < -0.4 is 0 Å². The zero-order valence-corrected chi connectivity index (χ0v) is 10.8. The minimum absolute atomic E-state index is 0.480. The largest absolute Gasteiger partial charge is 0.158 e. The van der Waals surface area contributed by atoms with Gasteiger partial charge in [-0.25, -0.2) is 0 Å². The van der Waals surface area contributed by atoms with E-state index in [9.17, 15) is 0 Å². The molecule has 0 aromatic carbocycles. The molecule has 1 rings (SSSR count).